The van der Waals surface area contributed by atoms with Gasteiger partial charge in [0.05, 0.1) is 30.9 Å². The van der Waals surface area contributed by atoms with E-state index in [1.165, 1.54) is 16.7 Å². The van der Waals surface area contributed by atoms with E-state index in [0.717, 1.165) is 0 Å². The third-order valence-corrected chi connectivity index (χ3v) is 3.92. The van der Waals surface area contributed by atoms with Crippen molar-refractivity contribution in [3.8, 4) is 0 Å². The molecule has 1 fully saturated rings. The first kappa shape index (κ1) is 15.7. The van der Waals surface area contributed by atoms with Crippen LogP contribution in [0.4, 0.5) is 4.79 Å². The van der Waals surface area contributed by atoms with Crippen molar-refractivity contribution in [2.24, 2.45) is 0 Å². The summed E-state index contributed by atoms with van der Waals surface area (Å²) in [6.45, 7) is 1.53. The molecular formula is C12H17N3O5S. The number of aromatic carboxylic acids is 1. The molecule has 0 radical (unpaired) electrons. The van der Waals surface area contributed by atoms with E-state index in [1.807, 2.05) is 0 Å². The van der Waals surface area contributed by atoms with Crippen LogP contribution in [0.3, 0.4) is 0 Å². The number of nitrogens with zero attached hydrogens (tertiary/aromatic N) is 2. The number of morpholine rings is 1. The molecule has 1 aromatic rings. The Hall–Kier alpha value is -1.71. The van der Waals surface area contributed by atoms with Gasteiger partial charge in [0.15, 0.2) is 5.69 Å². The minimum Gasteiger partial charge on any atom is -0.476 e. The van der Waals surface area contributed by atoms with Crippen LogP contribution in [-0.2, 0) is 11.2 Å². The number of aliphatic hydroxyl groups is 1. The van der Waals surface area contributed by atoms with Gasteiger partial charge in [-0.2, -0.15) is 0 Å². The zero-order chi connectivity index (χ0) is 15.2. The molecule has 1 saturated heterocycles. The maximum atomic E-state index is 11.9. The van der Waals surface area contributed by atoms with Crippen molar-refractivity contribution >= 4 is 23.3 Å². The van der Waals surface area contributed by atoms with E-state index in [2.05, 4.69) is 10.3 Å². The Morgan fingerprint density at radius 3 is 3.05 bits per heavy atom. The molecule has 1 atom stereocenters. The predicted molar refractivity (Wildman–Crippen MR) is 74.6 cm³/mol. The first-order valence-electron chi connectivity index (χ1n) is 6.53. The number of nitrogens with one attached hydrogen (secondary N) is 1. The summed E-state index contributed by atoms with van der Waals surface area (Å²) in [4.78, 5) is 28.2. The highest BCUT2D eigenvalue weighted by Crippen LogP contribution is 2.10. The molecule has 2 amide bonds. The normalized spacial score (nSPS) is 18.5. The van der Waals surface area contributed by atoms with E-state index in [4.69, 9.17) is 14.9 Å². The number of hydrogen-bond acceptors (Lipinski definition) is 6. The Balaban J connectivity index is 1.74. The molecule has 3 N–H and O–H groups in total. The molecule has 116 valence electrons. The molecule has 2 rings (SSSR count). The molecule has 21 heavy (non-hydrogen) atoms. The second-order valence-corrected chi connectivity index (χ2v) is 5.48. The van der Waals surface area contributed by atoms with Crippen molar-refractivity contribution < 1.29 is 24.5 Å². The summed E-state index contributed by atoms with van der Waals surface area (Å²) in [5.41, 5.74) is 0.0280. The molecule has 9 heteroatoms. The number of thiazole rings is 1. The SMILES string of the molecule is O=C(O)c1csc(CCNC(=O)N2CCOC(CO)C2)n1. The van der Waals surface area contributed by atoms with Gasteiger partial charge in [-0.25, -0.2) is 14.6 Å². The Kier molecular flexibility index (Phi) is 5.48. The van der Waals surface area contributed by atoms with Crippen LogP contribution < -0.4 is 5.32 Å². The van der Waals surface area contributed by atoms with E-state index in [9.17, 15) is 9.59 Å². The Labute approximate surface area is 125 Å². The number of carbonyl (C=O) groups excluding carboxylic acids is 1. The molecule has 0 saturated carbocycles. The minimum atomic E-state index is -1.05. The maximum Gasteiger partial charge on any atom is 0.355 e. The third kappa shape index (κ3) is 4.38. The average molecular weight is 315 g/mol. The number of carbonyl (C=O) groups is 2. The fraction of sp³-hybridized carbons (Fsp3) is 0.583. The zero-order valence-electron chi connectivity index (χ0n) is 11.3. The van der Waals surface area contributed by atoms with Crippen LogP contribution >= 0.6 is 11.3 Å². The van der Waals surface area contributed by atoms with Gasteiger partial charge in [0.1, 0.15) is 0 Å². The molecule has 0 bridgehead atoms. The number of urea groups is 1. The van der Waals surface area contributed by atoms with Crippen LogP contribution in [0.15, 0.2) is 5.38 Å². The van der Waals surface area contributed by atoms with Gasteiger partial charge in [-0.3, -0.25) is 0 Å². The standard InChI is InChI=1S/C12H17N3O5S/c16-6-8-5-15(3-4-20-8)12(19)13-2-1-10-14-9(7-21-10)11(17)18/h7-8,16H,1-6H2,(H,13,19)(H,17,18). The van der Waals surface area contributed by atoms with Crippen molar-refractivity contribution in [3.63, 3.8) is 0 Å². The Morgan fingerprint density at radius 2 is 2.38 bits per heavy atom. The maximum absolute atomic E-state index is 11.9. The van der Waals surface area contributed by atoms with Gasteiger partial charge in [0.25, 0.3) is 0 Å². The van der Waals surface area contributed by atoms with Crippen LogP contribution in [0, 0.1) is 0 Å². The number of aromatic nitrogens is 1. The predicted octanol–water partition coefficient (Wildman–Crippen LogP) is -0.214. The number of amides is 2. The zero-order valence-corrected chi connectivity index (χ0v) is 12.1. The van der Waals surface area contributed by atoms with Crippen LogP contribution in [-0.4, -0.2) is 71.0 Å². The van der Waals surface area contributed by atoms with Crippen molar-refractivity contribution in [2.45, 2.75) is 12.5 Å². The molecule has 2 heterocycles. The van der Waals surface area contributed by atoms with E-state index < -0.39 is 5.97 Å². The quantitative estimate of drug-likeness (QED) is 0.693. The van der Waals surface area contributed by atoms with Gasteiger partial charge in [-0.05, 0) is 0 Å². The van der Waals surface area contributed by atoms with Crippen molar-refractivity contribution in [3.05, 3.63) is 16.1 Å². The van der Waals surface area contributed by atoms with Gasteiger partial charge in [-0.15, -0.1) is 11.3 Å². The molecule has 0 spiro atoms. The highest BCUT2D eigenvalue weighted by atomic mass is 32.1. The molecule has 1 aliphatic rings. The van der Waals surface area contributed by atoms with Gasteiger partial charge in [-0.1, -0.05) is 0 Å². The first-order valence-corrected chi connectivity index (χ1v) is 7.41. The fourth-order valence-electron chi connectivity index (χ4n) is 1.93. The van der Waals surface area contributed by atoms with E-state index in [1.54, 1.807) is 4.90 Å². The highest BCUT2D eigenvalue weighted by molar-refractivity contribution is 7.09. The summed E-state index contributed by atoms with van der Waals surface area (Å²) in [5.74, 6) is -1.05. The Morgan fingerprint density at radius 1 is 1.57 bits per heavy atom. The summed E-state index contributed by atoms with van der Waals surface area (Å²) in [5, 5.41) is 22.7. The first-order chi connectivity index (χ1) is 10.1. The molecule has 0 aromatic carbocycles. The molecular weight excluding hydrogens is 298 g/mol. The summed E-state index contributed by atoms with van der Waals surface area (Å²) in [6, 6.07) is -0.216. The van der Waals surface area contributed by atoms with Crippen molar-refractivity contribution in [2.75, 3.05) is 32.8 Å². The highest BCUT2D eigenvalue weighted by Gasteiger charge is 2.23. The molecule has 1 aliphatic heterocycles. The second kappa shape index (κ2) is 7.34. The lowest BCUT2D eigenvalue weighted by molar-refractivity contribution is -0.0402. The van der Waals surface area contributed by atoms with Gasteiger partial charge in [0.2, 0.25) is 0 Å². The van der Waals surface area contributed by atoms with Gasteiger partial charge >= 0.3 is 12.0 Å². The number of ether oxygens (including phenoxy) is 1. The Bertz CT molecular complexity index is 507. The minimum absolute atomic E-state index is 0.0280. The number of carboxylic acids is 1. The lowest BCUT2D eigenvalue weighted by atomic mass is 10.3. The lowest BCUT2D eigenvalue weighted by Gasteiger charge is -2.32. The molecule has 1 aromatic heterocycles. The molecule has 8 nitrogen and oxygen atoms in total. The van der Waals surface area contributed by atoms with Crippen LogP contribution in [0.25, 0.3) is 0 Å². The average Bonchev–Trinajstić information content (AvgIpc) is 2.96. The number of carboxylic acid groups (broad SMARTS) is 1. The third-order valence-electron chi connectivity index (χ3n) is 3.02. The van der Waals surface area contributed by atoms with E-state index >= 15 is 0 Å². The van der Waals surface area contributed by atoms with Gasteiger partial charge < -0.3 is 25.2 Å². The van der Waals surface area contributed by atoms with E-state index in [-0.39, 0.29) is 24.4 Å². The molecule has 0 aliphatic carbocycles. The van der Waals surface area contributed by atoms with Crippen LogP contribution in [0.2, 0.25) is 0 Å². The number of aliphatic hydroxyl groups excluding tert-OH is 1. The van der Waals surface area contributed by atoms with Crippen molar-refractivity contribution in [1.82, 2.24) is 15.2 Å². The molecule has 1 unspecified atom stereocenters. The van der Waals surface area contributed by atoms with Crippen molar-refractivity contribution in [1.29, 1.82) is 0 Å². The fourth-order valence-corrected chi connectivity index (χ4v) is 2.70. The summed E-state index contributed by atoms with van der Waals surface area (Å²) >= 11 is 1.26. The topological polar surface area (TPSA) is 112 Å². The lowest BCUT2D eigenvalue weighted by Crippen LogP contribution is -2.50. The van der Waals surface area contributed by atoms with Crippen LogP contribution in [0.1, 0.15) is 15.5 Å². The number of hydrogen-bond donors (Lipinski definition) is 3. The van der Waals surface area contributed by atoms with E-state index in [0.29, 0.717) is 37.7 Å². The number of rotatable bonds is 5. The van der Waals surface area contributed by atoms with Gasteiger partial charge in [0, 0.05) is 24.9 Å². The smallest absolute Gasteiger partial charge is 0.355 e. The second-order valence-electron chi connectivity index (χ2n) is 4.53. The largest absolute Gasteiger partial charge is 0.476 e. The van der Waals surface area contributed by atoms with Crippen LogP contribution in [0.5, 0.6) is 0 Å². The summed E-state index contributed by atoms with van der Waals surface area (Å²) in [7, 11) is 0. The monoisotopic (exact) mass is 315 g/mol. The summed E-state index contributed by atoms with van der Waals surface area (Å²) in [6.07, 6.45) is 0.152. The summed E-state index contributed by atoms with van der Waals surface area (Å²) < 4.78 is 5.27.